The molecule has 1 unspecified atom stereocenters. The zero-order valence-electron chi connectivity index (χ0n) is 12.8. The molecule has 5 nitrogen and oxygen atoms in total. The third-order valence-corrected chi connectivity index (χ3v) is 2.60. The first-order chi connectivity index (χ1) is 9.70. The highest BCUT2D eigenvalue weighted by atomic mass is 16.6. The molecule has 166 valence electrons. The maximum absolute atomic E-state index is 10.7. The predicted octanol–water partition coefficient (Wildman–Crippen LogP) is 6.02. The van der Waals surface area contributed by atoms with Gasteiger partial charge < -0.3 is 18.9 Å². The molecule has 26 heavy (non-hydrogen) atoms. The Morgan fingerprint density at radius 3 is 1.96 bits per heavy atom. The summed E-state index contributed by atoms with van der Waals surface area (Å²) < 4.78 is 20.8. The van der Waals surface area contributed by atoms with Crippen LogP contribution in [0.1, 0.15) is 71.2 Å². The molecule has 0 aliphatic rings. The lowest BCUT2D eigenvalue weighted by Gasteiger charge is -2.12. The molecular formula is C21H52O5. The first-order valence-electron chi connectivity index (χ1n) is 7.23. The van der Waals surface area contributed by atoms with E-state index >= 15 is 0 Å². The molecule has 0 aliphatic heterocycles. The van der Waals surface area contributed by atoms with E-state index in [-0.39, 0.29) is 51.2 Å². The number of hydrogen-bond donors (Lipinski definition) is 0. The lowest BCUT2D eigenvalue weighted by Crippen LogP contribution is -2.12. The van der Waals surface area contributed by atoms with Gasteiger partial charge in [-0.1, -0.05) is 58.1 Å². The molecule has 0 saturated heterocycles. The molecular weight excluding hydrogens is 332 g/mol. The zero-order valence-corrected chi connectivity index (χ0v) is 12.8. The summed E-state index contributed by atoms with van der Waals surface area (Å²) >= 11 is 0. The Balaban J connectivity index is -0.000000120. The minimum Gasteiger partial charge on any atom is -0.460 e. The summed E-state index contributed by atoms with van der Waals surface area (Å²) in [6.45, 7) is 11.6. The van der Waals surface area contributed by atoms with Gasteiger partial charge in [-0.15, -0.1) is 0 Å². The maximum Gasteiger partial charge on any atom is 0.330 e. The van der Waals surface area contributed by atoms with Crippen LogP contribution < -0.4 is 0 Å². The van der Waals surface area contributed by atoms with Crippen molar-refractivity contribution in [1.82, 2.24) is 0 Å². The van der Waals surface area contributed by atoms with E-state index in [0.717, 1.165) is 32.1 Å². The van der Waals surface area contributed by atoms with Crippen molar-refractivity contribution >= 4 is 5.97 Å². The Morgan fingerprint density at radius 2 is 1.42 bits per heavy atom. The Hall–Kier alpha value is -0.910. The van der Waals surface area contributed by atoms with Crippen LogP contribution in [0.25, 0.3) is 0 Å². The van der Waals surface area contributed by atoms with Crippen LogP contribution in [-0.2, 0) is 23.7 Å². The molecule has 0 fully saturated rings. The van der Waals surface area contributed by atoms with E-state index in [1.165, 1.54) is 0 Å². The predicted molar refractivity (Wildman–Crippen MR) is 118 cm³/mol. The van der Waals surface area contributed by atoms with Crippen LogP contribution in [0.5, 0.6) is 0 Å². The van der Waals surface area contributed by atoms with Crippen molar-refractivity contribution in [2.45, 2.75) is 71.2 Å². The molecule has 0 aromatic carbocycles. The van der Waals surface area contributed by atoms with Gasteiger partial charge in [0.2, 0.25) is 0 Å². The van der Waals surface area contributed by atoms with Gasteiger partial charge in [0, 0.05) is 25.9 Å². The van der Waals surface area contributed by atoms with E-state index in [1.807, 2.05) is 6.92 Å². The van der Waals surface area contributed by atoms with E-state index in [1.54, 1.807) is 0 Å². The smallest absolute Gasteiger partial charge is 0.330 e. The summed E-state index contributed by atoms with van der Waals surface area (Å²) in [5, 5.41) is 0. The summed E-state index contributed by atoms with van der Waals surface area (Å²) in [5.74, 6) is 0.102. The van der Waals surface area contributed by atoms with Crippen molar-refractivity contribution < 1.29 is 23.7 Å². The average Bonchev–Trinajstić information content (AvgIpc) is 2.45. The second-order valence-corrected chi connectivity index (χ2v) is 4.50. The van der Waals surface area contributed by atoms with Crippen molar-refractivity contribution in [1.29, 1.82) is 0 Å². The normalized spacial score (nSPS) is 9.31. The topological polar surface area (TPSA) is 54.0 Å². The lowest BCUT2D eigenvalue weighted by molar-refractivity contribution is -0.139. The van der Waals surface area contributed by atoms with Gasteiger partial charge >= 0.3 is 5.97 Å². The standard InChI is InChI=1S/C15H28O5.6CH4/c1-4-15(16)20-12-11-18-8-6-7-14(3)13-19-10-9-17-5-2;;;;;;/h4,14H,1,5-13H2,2-3H3;6*1H4. The van der Waals surface area contributed by atoms with E-state index in [9.17, 15) is 4.79 Å². The fraction of sp³-hybridized carbons (Fsp3) is 0.857. The zero-order chi connectivity index (χ0) is 15.1. The van der Waals surface area contributed by atoms with Gasteiger partial charge in [0.1, 0.15) is 6.61 Å². The summed E-state index contributed by atoms with van der Waals surface area (Å²) in [7, 11) is 0. The Morgan fingerprint density at radius 1 is 0.885 bits per heavy atom. The van der Waals surface area contributed by atoms with E-state index in [2.05, 4.69) is 13.5 Å². The maximum atomic E-state index is 10.7. The van der Waals surface area contributed by atoms with Crippen LogP contribution in [0.4, 0.5) is 0 Å². The Kier molecular flexibility index (Phi) is 60.3. The van der Waals surface area contributed by atoms with Crippen molar-refractivity contribution in [3.05, 3.63) is 12.7 Å². The highest BCUT2D eigenvalue weighted by Gasteiger charge is 2.02. The highest BCUT2D eigenvalue weighted by Crippen LogP contribution is 2.06. The largest absolute Gasteiger partial charge is 0.460 e. The SMILES string of the molecule is C.C.C.C.C.C.C=CC(=O)OCCOCCCC(C)COCCOCC. The van der Waals surface area contributed by atoms with Crippen LogP contribution in [-0.4, -0.2) is 52.2 Å². The number of ether oxygens (including phenoxy) is 4. The van der Waals surface area contributed by atoms with Gasteiger partial charge in [-0.3, -0.25) is 0 Å². The average molecular weight is 385 g/mol. The fourth-order valence-corrected chi connectivity index (χ4v) is 1.53. The van der Waals surface area contributed by atoms with Crippen LogP contribution >= 0.6 is 0 Å². The van der Waals surface area contributed by atoms with Crippen molar-refractivity contribution in [3.8, 4) is 0 Å². The summed E-state index contributed by atoms with van der Waals surface area (Å²) in [6.07, 6.45) is 3.18. The number of carbonyl (C=O) groups is 1. The van der Waals surface area contributed by atoms with Crippen molar-refractivity contribution in [2.24, 2.45) is 5.92 Å². The first-order valence-corrected chi connectivity index (χ1v) is 7.23. The number of carbonyl (C=O) groups excluding carboxylic acids is 1. The second kappa shape index (κ2) is 35.2. The van der Waals surface area contributed by atoms with Gasteiger partial charge in [0.15, 0.2) is 0 Å². The van der Waals surface area contributed by atoms with Crippen LogP contribution in [0.15, 0.2) is 12.7 Å². The van der Waals surface area contributed by atoms with Gasteiger partial charge in [-0.25, -0.2) is 4.79 Å². The molecule has 5 heteroatoms. The quantitative estimate of drug-likeness (QED) is 0.208. The molecule has 0 rings (SSSR count). The third kappa shape index (κ3) is 34.4. The number of esters is 1. The van der Waals surface area contributed by atoms with E-state index < -0.39 is 5.97 Å². The van der Waals surface area contributed by atoms with Crippen LogP contribution in [0.3, 0.4) is 0 Å². The lowest BCUT2D eigenvalue weighted by atomic mass is 10.1. The number of hydrogen-bond acceptors (Lipinski definition) is 5. The molecule has 0 saturated carbocycles. The van der Waals surface area contributed by atoms with Crippen molar-refractivity contribution in [2.75, 3.05) is 46.2 Å². The Labute approximate surface area is 166 Å². The molecule has 0 spiro atoms. The van der Waals surface area contributed by atoms with Gasteiger partial charge in [0.25, 0.3) is 0 Å². The summed E-state index contributed by atoms with van der Waals surface area (Å²) in [4.78, 5) is 10.7. The molecule has 0 aromatic rings. The summed E-state index contributed by atoms with van der Waals surface area (Å²) in [5.41, 5.74) is 0. The number of rotatable bonds is 14. The van der Waals surface area contributed by atoms with E-state index in [0.29, 0.717) is 32.3 Å². The third-order valence-electron chi connectivity index (χ3n) is 2.60. The second-order valence-electron chi connectivity index (χ2n) is 4.50. The highest BCUT2D eigenvalue weighted by molar-refractivity contribution is 5.81. The molecule has 0 aromatic heterocycles. The minimum atomic E-state index is -0.411. The molecule has 0 amide bonds. The van der Waals surface area contributed by atoms with Crippen molar-refractivity contribution in [3.63, 3.8) is 0 Å². The molecule has 0 heterocycles. The first kappa shape index (κ1) is 44.5. The van der Waals surface area contributed by atoms with Gasteiger partial charge in [0.05, 0.1) is 19.8 Å². The molecule has 1 atom stereocenters. The molecule has 0 bridgehead atoms. The molecule has 0 aliphatic carbocycles. The minimum absolute atomic E-state index is 0. The Bertz CT molecular complexity index is 245. The monoisotopic (exact) mass is 384 g/mol. The van der Waals surface area contributed by atoms with Crippen LogP contribution in [0, 0.1) is 5.92 Å². The van der Waals surface area contributed by atoms with E-state index in [4.69, 9.17) is 18.9 Å². The van der Waals surface area contributed by atoms with Crippen LogP contribution in [0.2, 0.25) is 0 Å². The molecule has 0 radical (unpaired) electrons. The fourth-order valence-electron chi connectivity index (χ4n) is 1.53. The molecule has 0 N–H and O–H groups in total. The van der Waals surface area contributed by atoms with Gasteiger partial charge in [-0.2, -0.15) is 0 Å². The van der Waals surface area contributed by atoms with Gasteiger partial charge in [-0.05, 0) is 25.7 Å². The summed E-state index contributed by atoms with van der Waals surface area (Å²) in [6, 6.07) is 0.